The Bertz CT molecular complexity index is 1190. The molecule has 0 aromatic heterocycles. The highest BCUT2D eigenvalue weighted by atomic mass is 16.6. The minimum Gasteiger partial charge on any atom is -0.493 e. The van der Waals surface area contributed by atoms with Crippen molar-refractivity contribution in [3.63, 3.8) is 0 Å². The van der Waals surface area contributed by atoms with E-state index in [9.17, 15) is 24.3 Å². The number of aliphatic hydroxyl groups is 1. The standard InChI is InChI=1S/C41H66O7/c1-12-13-20-28(41(11,46)33(43)21-17-22-34(44)48-39(6,7)8)24-32(42)35-30(25-31-36(35)40(31,9)10)37(45)29(27-18-15-14-16-19-27)23-26(2)47-38(3,4)5/h12,27-31,35-36,46H,1-2,13-25H2,3-11H3. The number of rotatable bonds is 18. The molecule has 3 saturated carbocycles. The molecule has 0 aliphatic heterocycles. The lowest BCUT2D eigenvalue weighted by Gasteiger charge is -2.36. The lowest BCUT2D eigenvalue weighted by atomic mass is 9.68. The first kappa shape index (κ1) is 40.2. The molecule has 0 bridgehead atoms. The van der Waals surface area contributed by atoms with Crippen molar-refractivity contribution >= 4 is 23.3 Å². The van der Waals surface area contributed by atoms with Gasteiger partial charge in [0.2, 0.25) is 0 Å². The van der Waals surface area contributed by atoms with E-state index in [4.69, 9.17) is 9.47 Å². The van der Waals surface area contributed by atoms with Gasteiger partial charge < -0.3 is 14.6 Å². The Morgan fingerprint density at radius 2 is 1.52 bits per heavy atom. The molecule has 0 amide bonds. The second-order valence-electron chi connectivity index (χ2n) is 17.9. The summed E-state index contributed by atoms with van der Waals surface area (Å²) >= 11 is 0. The number of ketones is 3. The summed E-state index contributed by atoms with van der Waals surface area (Å²) in [6, 6.07) is 0. The van der Waals surface area contributed by atoms with Crippen molar-refractivity contribution in [1.82, 2.24) is 0 Å². The third-order valence-corrected chi connectivity index (χ3v) is 11.4. The topological polar surface area (TPSA) is 107 Å². The van der Waals surface area contributed by atoms with Crippen molar-refractivity contribution in [2.45, 2.75) is 163 Å². The first-order valence-electron chi connectivity index (χ1n) is 18.6. The molecule has 3 aliphatic carbocycles. The quantitative estimate of drug-likeness (QED) is 0.0883. The van der Waals surface area contributed by atoms with Crippen molar-refractivity contribution in [1.29, 1.82) is 0 Å². The molecular formula is C41H66O7. The molecule has 0 heterocycles. The number of fused-ring (bicyclic) bond motifs is 1. The van der Waals surface area contributed by atoms with Crippen LogP contribution in [0.25, 0.3) is 0 Å². The van der Waals surface area contributed by atoms with Crippen LogP contribution in [0.3, 0.4) is 0 Å². The van der Waals surface area contributed by atoms with Crippen molar-refractivity contribution in [3.8, 4) is 0 Å². The second kappa shape index (κ2) is 15.7. The van der Waals surface area contributed by atoms with Crippen LogP contribution in [0.15, 0.2) is 25.0 Å². The van der Waals surface area contributed by atoms with Crippen LogP contribution in [0.5, 0.6) is 0 Å². The van der Waals surface area contributed by atoms with E-state index in [2.05, 4.69) is 27.0 Å². The molecule has 0 aromatic carbocycles. The molecule has 3 fully saturated rings. The lowest BCUT2D eigenvalue weighted by molar-refractivity contribution is -0.155. The Hall–Kier alpha value is -2.28. The van der Waals surface area contributed by atoms with Crippen LogP contribution in [0.1, 0.15) is 146 Å². The Morgan fingerprint density at radius 1 is 0.917 bits per heavy atom. The van der Waals surface area contributed by atoms with E-state index in [0.717, 1.165) is 25.7 Å². The number of allylic oxidation sites excluding steroid dienone is 2. The van der Waals surface area contributed by atoms with Crippen LogP contribution >= 0.6 is 0 Å². The minimum atomic E-state index is -1.75. The van der Waals surface area contributed by atoms with Crippen LogP contribution < -0.4 is 0 Å². The van der Waals surface area contributed by atoms with E-state index < -0.39 is 28.6 Å². The molecule has 0 radical (unpaired) electrons. The molecule has 7 unspecified atom stereocenters. The van der Waals surface area contributed by atoms with Gasteiger partial charge in [-0.1, -0.05) is 45.8 Å². The second-order valence-corrected chi connectivity index (χ2v) is 17.9. The zero-order valence-corrected chi connectivity index (χ0v) is 31.6. The number of ether oxygens (including phenoxy) is 2. The number of Topliss-reactive ketones (excluding diaryl/α,β-unsaturated/α-hetero) is 3. The fraction of sp³-hybridized carbons (Fsp3) is 0.805. The molecule has 0 aromatic rings. The molecular weight excluding hydrogens is 604 g/mol. The normalized spacial score (nSPS) is 26.4. The van der Waals surface area contributed by atoms with Crippen LogP contribution in [0.2, 0.25) is 0 Å². The Morgan fingerprint density at radius 3 is 2.08 bits per heavy atom. The highest BCUT2D eigenvalue weighted by Gasteiger charge is 2.69. The van der Waals surface area contributed by atoms with Crippen LogP contribution in [-0.2, 0) is 28.7 Å². The summed E-state index contributed by atoms with van der Waals surface area (Å²) in [5, 5.41) is 11.7. The number of carbonyl (C=O) groups is 4. The Balaban J connectivity index is 1.81. The predicted molar refractivity (Wildman–Crippen MR) is 190 cm³/mol. The van der Waals surface area contributed by atoms with E-state index in [1.54, 1.807) is 26.8 Å². The first-order valence-corrected chi connectivity index (χ1v) is 18.6. The van der Waals surface area contributed by atoms with Gasteiger partial charge in [-0.05, 0) is 110 Å². The molecule has 3 rings (SSSR count). The van der Waals surface area contributed by atoms with Gasteiger partial charge in [-0.25, -0.2) is 0 Å². The van der Waals surface area contributed by atoms with E-state index in [-0.39, 0.29) is 78.1 Å². The molecule has 3 aliphatic rings. The molecule has 7 heteroatoms. The highest BCUT2D eigenvalue weighted by molar-refractivity contribution is 5.94. The van der Waals surface area contributed by atoms with E-state index in [1.807, 2.05) is 20.8 Å². The maximum atomic E-state index is 14.7. The monoisotopic (exact) mass is 670 g/mol. The summed E-state index contributed by atoms with van der Waals surface area (Å²) in [5.41, 5.74) is -2.79. The fourth-order valence-corrected chi connectivity index (χ4v) is 8.92. The van der Waals surface area contributed by atoms with Gasteiger partial charge in [-0.2, -0.15) is 0 Å². The van der Waals surface area contributed by atoms with Crippen molar-refractivity contribution in [3.05, 3.63) is 25.0 Å². The summed E-state index contributed by atoms with van der Waals surface area (Å²) in [6.07, 6.45) is 9.69. The largest absolute Gasteiger partial charge is 0.493 e. The molecule has 272 valence electrons. The van der Waals surface area contributed by atoms with E-state index >= 15 is 0 Å². The highest BCUT2D eigenvalue weighted by Crippen LogP contribution is 2.71. The Labute approximate surface area is 291 Å². The summed E-state index contributed by atoms with van der Waals surface area (Å²) in [5.74, 6) is -0.945. The van der Waals surface area contributed by atoms with E-state index in [1.165, 1.54) is 13.3 Å². The molecule has 7 atom stereocenters. The smallest absolute Gasteiger partial charge is 0.306 e. The van der Waals surface area contributed by atoms with Gasteiger partial charge in [0, 0.05) is 49.4 Å². The average molecular weight is 671 g/mol. The van der Waals surface area contributed by atoms with Gasteiger partial charge in [0.1, 0.15) is 28.4 Å². The van der Waals surface area contributed by atoms with Gasteiger partial charge in [-0.3, -0.25) is 19.2 Å². The molecule has 0 saturated heterocycles. The molecule has 1 N–H and O–H groups in total. The van der Waals surface area contributed by atoms with Gasteiger partial charge in [0.15, 0.2) is 5.78 Å². The van der Waals surface area contributed by atoms with E-state index in [0.29, 0.717) is 37.4 Å². The summed E-state index contributed by atoms with van der Waals surface area (Å²) in [6.45, 7) is 25.3. The van der Waals surface area contributed by atoms with Gasteiger partial charge >= 0.3 is 5.97 Å². The predicted octanol–water partition coefficient (Wildman–Crippen LogP) is 8.75. The van der Waals surface area contributed by atoms with Crippen molar-refractivity contribution < 1.29 is 33.8 Å². The number of hydrogen-bond acceptors (Lipinski definition) is 7. The number of hydrogen-bond donors (Lipinski definition) is 1. The van der Waals surface area contributed by atoms with Crippen LogP contribution in [0, 0.1) is 46.8 Å². The Kier molecular flexibility index (Phi) is 13.2. The maximum Gasteiger partial charge on any atom is 0.306 e. The SMILES string of the molecule is C=CCCC(CC(=O)C1C(C(=O)C(CC(=C)OC(C)(C)C)C2CCCCC2)CC2C1C2(C)C)C(C)(O)C(=O)CCCC(=O)OC(C)(C)C. The number of carbonyl (C=O) groups excluding carboxylic acids is 4. The fourth-order valence-electron chi connectivity index (χ4n) is 8.92. The lowest BCUT2D eigenvalue weighted by Crippen LogP contribution is -2.45. The molecule has 7 nitrogen and oxygen atoms in total. The van der Waals surface area contributed by atoms with Gasteiger partial charge in [0.05, 0.1) is 5.76 Å². The summed E-state index contributed by atoms with van der Waals surface area (Å²) < 4.78 is 11.5. The van der Waals surface area contributed by atoms with Crippen molar-refractivity contribution in [2.75, 3.05) is 0 Å². The molecule has 48 heavy (non-hydrogen) atoms. The van der Waals surface area contributed by atoms with Crippen molar-refractivity contribution in [2.24, 2.45) is 46.8 Å². The zero-order valence-electron chi connectivity index (χ0n) is 31.6. The minimum absolute atomic E-state index is 0.0108. The average Bonchev–Trinajstić information content (AvgIpc) is 3.27. The summed E-state index contributed by atoms with van der Waals surface area (Å²) in [7, 11) is 0. The summed E-state index contributed by atoms with van der Waals surface area (Å²) in [4.78, 5) is 54.8. The zero-order chi connectivity index (χ0) is 36.2. The van der Waals surface area contributed by atoms with Gasteiger partial charge in [-0.15, -0.1) is 6.58 Å². The third kappa shape index (κ3) is 10.4. The number of esters is 1. The maximum absolute atomic E-state index is 14.7. The van der Waals surface area contributed by atoms with Gasteiger partial charge in [0.25, 0.3) is 0 Å². The molecule has 0 spiro atoms. The van der Waals surface area contributed by atoms with Crippen LogP contribution in [-0.4, -0.2) is 45.2 Å². The van der Waals surface area contributed by atoms with Crippen LogP contribution in [0.4, 0.5) is 0 Å². The third-order valence-electron chi connectivity index (χ3n) is 11.4. The first-order chi connectivity index (χ1) is 22.1.